The Morgan fingerprint density at radius 1 is 1.10 bits per heavy atom. The van der Waals surface area contributed by atoms with Crippen LogP contribution in [0.4, 0.5) is 17.1 Å². The monoisotopic (exact) mass is 324 g/mol. The molecule has 3 aromatic rings. The van der Waals surface area contributed by atoms with Crippen molar-refractivity contribution in [2.24, 2.45) is 0 Å². The van der Waals surface area contributed by atoms with Crippen LogP contribution in [0, 0.1) is 6.92 Å². The van der Waals surface area contributed by atoms with Gasteiger partial charge >= 0.3 is 0 Å². The van der Waals surface area contributed by atoms with Gasteiger partial charge in [-0.3, -0.25) is 0 Å². The number of benzene rings is 2. The van der Waals surface area contributed by atoms with E-state index >= 15 is 0 Å². The Balaban J connectivity index is 2.13. The number of aryl methyl sites for hydroxylation is 1. The van der Waals surface area contributed by atoms with Crippen molar-refractivity contribution in [2.75, 3.05) is 11.1 Å². The minimum atomic E-state index is 0.482. The first-order valence-corrected chi connectivity index (χ1v) is 7.28. The molecule has 20 heavy (non-hydrogen) atoms. The molecule has 0 fully saturated rings. The maximum Gasteiger partial charge on any atom is 0.131 e. The van der Waals surface area contributed by atoms with E-state index in [1.54, 1.807) is 6.07 Å². The third-order valence-corrected chi connectivity index (χ3v) is 4.03. The standard InChI is InChI=1S/C13H10Cl2N4S/c1-6-2-3-10(9(16)4-6)17-11-7(14)5-8(15)12-13(11)19-20-18-12/h2-5,17H,16H2,1H3. The van der Waals surface area contributed by atoms with Gasteiger partial charge in [-0.2, -0.15) is 8.75 Å². The van der Waals surface area contributed by atoms with Crippen LogP contribution < -0.4 is 11.1 Å². The number of aromatic nitrogens is 2. The summed E-state index contributed by atoms with van der Waals surface area (Å²) in [5.74, 6) is 0. The van der Waals surface area contributed by atoms with Crippen LogP contribution in [0.1, 0.15) is 5.56 Å². The van der Waals surface area contributed by atoms with Crippen LogP contribution in [0.3, 0.4) is 0 Å². The van der Waals surface area contributed by atoms with Gasteiger partial charge in [0.15, 0.2) is 0 Å². The quantitative estimate of drug-likeness (QED) is 0.674. The zero-order chi connectivity index (χ0) is 14.3. The number of halogens is 2. The lowest BCUT2D eigenvalue weighted by atomic mass is 10.2. The zero-order valence-electron chi connectivity index (χ0n) is 10.4. The van der Waals surface area contributed by atoms with Gasteiger partial charge in [0.2, 0.25) is 0 Å². The van der Waals surface area contributed by atoms with Crippen LogP contribution >= 0.6 is 34.9 Å². The fourth-order valence-corrected chi connectivity index (χ4v) is 3.08. The van der Waals surface area contributed by atoms with Crippen molar-refractivity contribution < 1.29 is 0 Å². The summed E-state index contributed by atoms with van der Waals surface area (Å²) in [5.41, 5.74) is 10.5. The lowest BCUT2D eigenvalue weighted by Gasteiger charge is -2.12. The van der Waals surface area contributed by atoms with Gasteiger partial charge in [0.05, 0.1) is 38.8 Å². The van der Waals surface area contributed by atoms with Crippen LogP contribution in [0.5, 0.6) is 0 Å². The smallest absolute Gasteiger partial charge is 0.131 e. The van der Waals surface area contributed by atoms with Crippen molar-refractivity contribution in [3.05, 3.63) is 39.9 Å². The third-order valence-electron chi connectivity index (χ3n) is 2.91. The van der Waals surface area contributed by atoms with E-state index in [2.05, 4.69) is 14.1 Å². The molecule has 3 rings (SSSR count). The summed E-state index contributed by atoms with van der Waals surface area (Å²) in [6, 6.07) is 7.42. The SMILES string of the molecule is Cc1ccc(Nc2c(Cl)cc(Cl)c3nsnc23)c(N)c1. The number of anilines is 3. The van der Waals surface area contributed by atoms with Crippen molar-refractivity contribution in [1.29, 1.82) is 0 Å². The molecule has 7 heteroatoms. The molecule has 2 aromatic carbocycles. The van der Waals surface area contributed by atoms with E-state index in [0.717, 1.165) is 23.0 Å². The molecule has 0 aliphatic heterocycles. The van der Waals surface area contributed by atoms with E-state index < -0.39 is 0 Å². The largest absolute Gasteiger partial charge is 0.397 e. The second-order valence-corrected chi connectivity index (χ2v) is 5.74. The molecular formula is C13H10Cl2N4S. The number of hydrogen-bond acceptors (Lipinski definition) is 5. The Hall–Kier alpha value is -1.56. The third kappa shape index (κ3) is 2.28. The average molecular weight is 325 g/mol. The molecule has 102 valence electrons. The van der Waals surface area contributed by atoms with Crippen molar-refractivity contribution >= 4 is 63.0 Å². The van der Waals surface area contributed by atoms with Gasteiger partial charge in [-0.05, 0) is 30.7 Å². The number of rotatable bonds is 2. The van der Waals surface area contributed by atoms with Gasteiger partial charge in [0.25, 0.3) is 0 Å². The molecule has 1 aromatic heterocycles. The normalized spacial score (nSPS) is 10.9. The number of nitrogens with one attached hydrogen (secondary N) is 1. The molecular weight excluding hydrogens is 315 g/mol. The van der Waals surface area contributed by atoms with E-state index in [1.807, 2.05) is 25.1 Å². The summed E-state index contributed by atoms with van der Waals surface area (Å²) in [4.78, 5) is 0. The van der Waals surface area contributed by atoms with Gasteiger partial charge in [0, 0.05) is 0 Å². The summed E-state index contributed by atoms with van der Waals surface area (Å²) in [7, 11) is 0. The molecule has 0 unspecified atom stereocenters. The molecule has 0 spiro atoms. The summed E-state index contributed by atoms with van der Waals surface area (Å²) in [5, 5.41) is 4.18. The summed E-state index contributed by atoms with van der Waals surface area (Å²) >= 11 is 13.4. The molecule has 0 saturated heterocycles. The maximum atomic E-state index is 6.25. The van der Waals surface area contributed by atoms with Crippen LogP contribution in [-0.4, -0.2) is 8.75 Å². The molecule has 3 N–H and O–H groups in total. The number of fused-ring (bicyclic) bond motifs is 1. The molecule has 0 amide bonds. The number of hydrogen-bond donors (Lipinski definition) is 2. The Morgan fingerprint density at radius 2 is 1.85 bits per heavy atom. The topological polar surface area (TPSA) is 63.8 Å². The summed E-state index contributed by atoms with van der Waals surface area (Å²) < 4.78 is 8.41. The Labute approximate surface area is 129 Å². The highest BCUT2D eigenvalue weighted by Gasteiger charge is 2.14. The zero-order valence-corrected chi connectivity index (χ0v) is 12.8. The average Bonchev–Trinajstić information content (AvgIpc) is 2.86. The lowest BCUT2D eigenvalue weighted by Crippen LogP contribution is -1.98. The van der Waals surface area contributed by atoms with Crippen LogP contribution in [0.2, 0.25) is 10.0 Å². The van der Waals surface area contributed by atoms with Crippen molar-refractivity contribution in [2.45, 2.75) is 6.92 Å². The minimum Gasteiger partial charge on any atom is -0.397 e. The highest BCUT2D eigenvalue weighted by molar-refractivity contribution is 7.00. The van der Waals surface area contributed by atoms with Crippen molar-refractivity contribution in [3.8, 4) is 0 Å². The first-order valence-electron chi connectivity index (χ1n) is 5.79. The molecule has 1 heterocycles. The lowest BCUT2D eigenvalue weighted by molar-refractivity contribution is 1.45. The first kappa shape index (κ1) is 13.4. The molecule has 0 saturated carbocycles. The van der Waals surface area contributed by atoms with E-state index in [1.165, 1.54) is 0 Å². The second-order valence-electron chi connectivity index (χ2n) is 4.39. The Kier molecular flexibility index (Phi) is 3.41. The second kappa shape index (κ2) is 5.09. The minimum absolute atomic E-state index is 0.482. The van der Waals surface area contributed by atoms with E-state index in [0.29, 0.717) is 32.5 Å². The molecule has 0 aliphatic carbocycles. The van der Waals surface area contributed by atoms with Gasteiger partial charge in [0.1, 0.15) is 11.0 Å². The molecule has 0 radical (unpaired) electrons. The highest BCUT2D eigenvalue weighted by Crippen LogP contribution is 2.37. The molecule has 4 nitrogen and oxygen atoms in total. The van der Waals surface area contributed by atoms with Gasteiger partial charge < -0.3 is 11.1 Å². The Bertz CT molecular complexity index is 800. The van der Waals surface area contributed by atoms with E-state index in [-0.39, 0.29) is 0 Å². The van der Waals surface area contributed by atoms with Gasteiger partial charge in [-0.1, -0.05) is 29.3 Å². The van der Waals surface area contributed by atoms with Crippen molar-refractivity contribution in [1.82, 2.24) is 8.75 Å². The number of nitrogen functional groups attached to an aromatic ring is 1. The van der Waals surface area contributed by atoms with Gasteiger partial charge in [-0.15, -0.1) is 0 Å². The molecule has 0 aliphatic rings. The van der Waals surface area contributed by atoms with Crippen LogP contribution in [0.15, 0.2) is 24.3 Å². The van der Waals surface area contributed by atoms with Crippen molar-refractivity contribution in [3.63, 3.8) is 0 Å². The molecule has 0 bridgehead atoms. The van der Waals surface area contributed by atoms with Crippen LogP contribution in [0.25, 0.3) is 11.0 Å². The maximum absolute atomic E-state index is 6.25. The summed E-state index contributed by atoms with van der Waals surface area (Å²) in [6.07, 6.45) is 0. The highest BCUT2D eigenvalue weighted by atomic mass is 35.5. The Morgan fingerprint density at radius 3 is 2.60 bits per heavy atom. The molecule has 0 atom stereocenters. The number of nitrogens with two attached hydrogens (primary N) is 1. The first-order chi connectivity index (χ1) is 9.56. The fourth-order valence-electron chi connectivity index (χ4n) is 1.92. The fraction of sp³-hybridized carbons (Fsp3) is 0.0769. The predicted octanol–water partition coefficient (Wildman–Crippen LogP) is 4.63. The van der Waals surface area contributed by atoms with Gasteiger partial charge in [-0.25, -0.2) is 0 Å². The number of nitrogens with zero attached hydrogens (tertiary/aromatic N) is 2. The predicted molar refractivity (Wildman–Crippen MR) is 86.3 cm³/mol. The van der Waals surface area contributed by atoms with Crippen LogP contribution in [-0.2, 0) is 0 Å². The summed E-state index contributed by atoms with van der Waals surface area (Å²) in [6.45, 7) is 1.98. The van der Waals surface area contributed by atoms with E-state index in [9.17, 15) is 0 Å². The van der Waals surface area contributed by atoms with E-state index in [4.69, 9.17) is 28.9 Å².